The summed E-state index contributed by atoms with van der Waals surface area (Å²) in [5.41, 5.74) is 3.05. The Morgan fingerprint density at radius 2 is 2.11 bits per heavy atom. The molecule has 5 heterocycles. The Balaban J connectivity index is 1.40. The number of rotatable bonds is 4. The van der Waals surface area contributed by atoms with E-state index < -0.39 is 6.04 Å². The molecular weight excluding hydrogens is 356 g/mol. The van der Waals surface area contributed by atoms with Crippen LogP contribution >= 0.6 is 0 Å². The van der Waals surface area contributed by atoms with Gasteiger partial charge in [-0.05, 0) is 36.8 Å². The maximum atomic E-state index is 12.9. The number of hydrogen-bond donors (Lipinski definition) is 2. The Hall–Kier alpha value is -3.81. The molecule has 8 heteroatoms. The Morgan fingerprint density at radius 1 is 1.18 bits per heavy atom. The first-order valence-electron chi connectivity index (χ1n) is 8.96. The van der Waals surface area contributed by atoms with E-state index in [4.69, 9.17) is 0 Å². The average molecular weight is 372 g/mol. The van der Waals surface area contributed by atoms with Gasteiger partial charge in [0.2, 0.25) is 5.78 Å². The lowest BCUT2D eigenvalue weighted by atomic mass is 9.95. The lowest BCUT2D eigenvalue weighted by Crippen LogP contribution is -2.55. The lowest BCUT2D eigenvalue weighted by molar-refractivity contribution is 0.0408. The van der Waals surface area contributed by atoms with Crippen molar-refractivity contribution < 1.29 is 9.59 Å². The first kappa shape index (κ1) is 16.4. The third-order valence-corrected chi connectivity index (χ3v) is 5.00. The Labute approximate surface area is 159 Å². The summed E-state index contributed by atoms with van der Waals surface area (Å²) in [4.78, 5) is 38.9. The number of fused-ring (bicyclic) bond motifs is 1. The number of ketones is 1. The second-order valence-electron chi connectivity index (χ2n) is 6.69. The van der Waals surface area contributed by atoms with Crippen LogP contribution in [0.4, 0.5) is 0 Å². The van der Waals surface area contributed by atoms with Gasteiger partial charge in [0.1, 0.15) is 17.0 Å². The number of hydrogen-bond acceptors (Lipinski definition) is 5. The van der Waals surface area contributed by atoms with E-state index >= 15 is 0 Å². The number of amides is 1. The van der Waals surface area contributed by atoms with Gasteiger partial charge in [-0.1, -0.05) is 6.07 Å². The number of nitrogens with one attached hydrogen (secondary N) is 2. The largest absolute Gasteiger partial charge is 0.335 e. The van der Waals surface area contributed by atoms with Gasteiger partial charge in [0.15, 0.2) is 0 Å². The number of nitrogens with zero attached hydrogens (tertiary/aromatic N) is 4. The van der Waals surface area contributed by atoms with Crippen LogP contribution in [0.3, 0.4) is 0 Å². The Kier molecular flexibility index (Phi) is 3.75. The standard InChI is InChI=1S/C20H16N6O2/c27-18(15-3-1-2-7-21-15)17-6-8-26(17)20(28)16-9-12-4-5-14(24-19(12)25-16)13-10-22-23-11-13/h1-5,7,9-11,17H,6,8H2,(H,22,23)(H,24,25). The molecule has 0 aliphatic carbocycles. The van der Waals surface area contributed by atoms with Crippen molar-refractivity contribution in [1.82, 2.24) is 30.0 Å². The van der Waals surface area contributed by atoms with Crippen LogP contribution in [-0.4, -0.2) is 54.3 Å². The van der Waals surface area contributed by atoms with Gasteiger partial charge < -0.3 is 9.88 Å². The summed E-state index contributed by atoms with van der Waals surface area (Å²) in [6.45, 7) is 0.547. The van der Waals surface area contributed by atoms with Gasteiger partial charge in [-0.25, -0.2) is 4.98 Å². The van der Waals surface area contributed by atoms with Crippen molar-refractivity contribution >= 4 is 22.7 Å². The predicted octanol–water partition coefficient (Wildman–Crippen LogP) is 2.45. The number of Topliss-reactive ketones (excluding diaryl/α,β-unsaturated/α-hetero) is 1. The molecule has 1 unspecified atom stereocenters. The monoisotopic (exact) mass is 372 g/mol. The lowest BCUT2D eigenvalue weighted by Gasteiger charge is -2.39. The zero-order valence-electron chi connectivity index (χ0n) is 14.8. The van der Waals surface area contributed by atoms with E-state index in [0.717, 1.165) is 16.6 Å². The molecule has 1 atom stereocenters. The maximum Gasteiger partial charge on any atom is 0.270 e. The van der Waals surface area contributed by atoms with Crippen molar-refractivity contribution in [2.75, 3.05) is 6.54 Å². The van der Waals surface area contributed by atoms with Crippen molar-refractivity contribution in [2.45, 2.75) is 12.5 Å². The number of carbonyl (C=O) groups excluding carboxylic acids is 2. The molecule has 5 rings (SSSR count). The van der Waals surface area contributed by atoms with Gasteiger partial charge in [0, 0.05) is 29.9 Å². The zero-order chi connectivity index (χ0) is 19.1. The third kappa shape index (κ3) is 2.66. The van der Waals surface area contributed by atoms with Crippen LogP contribution in [0.15, 0.2) is 55.0 Å². The molecule has 4 aromatic rings. The molecule has 28 heavy (non-hydrogen) atoms. The Bertz CT molecular complexity index is 1170. The van der Waals surface area contributed by atoms with Gasteiger partial charge in [0.25, 0.3) is 5.91 Å². The number of likely N-dealkylation sites (tertiary alicyclic amines) is 1. The number of pyridine rings is 2. The highest BCUT2D eigenvalue weighted by atomic mass is 16.2. The van der Waals surface area contributed by atoms with Crippen LogP contribution in [0.2, 0.25) is 0 Å². The minimum Gasteiger partial charge on any atom is -0.335 e. The summed E-state index contributed by atoms with van der Waals surface area (Å²) in [7, 11) is 0. The number of carbonyl (C=O) groups is 2. The van der Waals surface area contributed by atoms with Crippen LogP contribution in [0, 0.1) is 0 Å². The van der Waals surface area contributed by atoms with Crippen LogP contribution in [0.5, 0.6) is 0 Å². The van der Waals surface area contributed by atoms with E-state index in [9.17, 15) is 9.59 Å². The topological polar surface area (TPSA) is 108 Å². The molecule has 0 aromatic carbocycles. The normalized spacial score (nSPS) is 16.1. The van der Waals surface area contributed by atoms with E-state index in [1.165, 1.54) is 0 Å². The SMILES string of the molecule is O=C(c1ccccn1)C1CCN1C(=O)c1cc2ccc(-c3cn[nH]c3)nc2[nH]1. The summed E-state index contributed by atoms with van der Waals surface area (Å²) >= 11 is 0. The molecular formula is C20H16N6O2. The first-order chi connectivity index (χ1) is 13.7. The van der Waals surface area contributed by atoms with Crippen LogP contribution < -0.4 is 0 Å². The molecule has 0 bridgehead atoms. The highest BCUT2D eigenvalue weighted by molar-refractivity contribution is 6.05. The van der Waals surface area contributed by atoms with Gasteiger partial charge in [-0.2, -0.15) is 5.10 Å². The summed E-state index contributed by atoms with van der Waals surface area (Å²) in [6.07, 6.45) is 5.68. The summed E-state index contributed by atoms with van der Waals surface area (Å²) in [5.74, 6) is -0.333. The summed E-state index contributed by atoms with van der Waals surface area (Å²) in [6, 6.07) is 10.3. The minimum atomic E-state index is -0.469. The summed E-state index contributed by atoms with van der Waals surface area (Å²) < 4.78 is 0. The van der Waals surface area contributed by atoms with Crippen molar-refractivity contribution in [1.29, 1.82) is 0 Å². The molecule has 0 radical (unpaired) electrons. The highest BCUT2D eigenvalue weighted by Crippen LogP contribution is 2.26. The molecule has 1 aliphatic heterocycles. The molecule has 138 valence electrons. The Morgan fingerprint density at radius 3 is 2.82 bits per heavy atom. The van der Waals surface area contributed by atoms with Crippen molar-refractivity contribution in [3.05, 3.63) is 66.4 Å². The molecule has 1 saturated heterocycles. The molecule has 1 fully saturated rings. The van der Waals surface area contributed by atoms with Gasteiger partial charge in [-0.15, -0.1) is 0 Å². The number of aromatic amines is 2. The molecule has 4 aromatic heterocycles. The molecule has 1 amide bonds. The second-order valence-corrected chi connectivity index (χ2v) is 6.69. The first-order valence-corrected chi connectivity index (χ1v) is 8.96. The second kappa shape index (κ2) is 6.41. The van der Waals surface area contributed by atoms with Crippen molar-refractivity contribution in [3.63, 3.8) is 0 Å². The van der Waals surface area contributed by atoms with E-state index in [-0.39, 0.29) is 11.7 Å². The number of H-pyrrole nitrogens is 2. The van der Waals surface area contributed by atoms with Crippen LogP contribution in [0.1, 0.15) is 27.4 Å². The molecule has 0 saturated carbocycles. The molecule has 8 nitrogen and oxygen atoms in total. The van der Waals surface area contributed by atoms with Gasteiger partial charge >= 0.3 is 0 Å². The van der Waals surface area contributed by atoms with Gasteiger partial charge in [-0.3, -0.25) is 19.7 Å². The quantitative estimate of drug-likeness (QED) is 0.535. The van der Waals surface area contributed by atoms with E-state index in [2.05, 4.69) is 25.1 Å². The fourth-order valence-corrected chi connectivity index (χ4v) is 3.41. The molecule has 1 aliphatic rings. The maximum absolute atomic E-state index is 12.9. The number of aromatic nitrogens is 5. The minimum absolute atomic E-state index is 0.128. The van der Waals surface area contributed by atoms with E-state index in [1.807, 2.05) is 12.1 Å². The fraction of sp³-hybridized carbons (Fsp3) is 0.150. The predicted molar refractivity (Wildman–Crippen MR) is 102 cm³/mol. The van der Waals surface area contributed by atoms with Crippen LogP contribution in [0.25, 0.3) is 22.3 Å². The van der Waals surface area contributed by atoms with E-state index in [0.29, 0.717) is 30.0 Å². The van der Waals surface area contributed by atoms with Crippen molar-refractivity contribution in [2.24, 2.45) is 0 Å². The van der Waals surface area contributed by atoms with Crippen molar-refractivity contribution in [3.8, 4) is 11.3 Å². The molecule has 2 N–H and O–H groups in total. The summed E-state index contributed by atoms with van der Waals surface area (Å²) in [5, 5.41) is 7.53. The average Bonchev–Trinajstić information content (AvgIpc) is 3.37. The fourth-order valence-electron chi connectivity index (χ4n) is 3.41. The molecule has 0 spiro atoms. The highest BCUT2D eigenvalue weighted by Gasteiger charge is 2.39. The van der Waals surface area contributed by atoms with Gasteiger partial charge in [0.05, 0.1) is 17.9 Å². The smallest absolute Gasteiger partial charge is 0.270 e. The third-order valence-electron chi connectivity index (χ3n) is 5.00. The zero-order valence-corrected chi connectivity index (χ0v) is 14.8. The van der Waals surface area contributed by atoms with E-state index in [1.54, 1.807) is 47.8 Å². The van der Waals surface area contributed by atoms with Crippen LogP contribution in [-0.2, 0) is 0 Å².